The second-order valence-electron chi connectivity index (χ2n) is 13.5. The number of ether oxygens (including phenoxy) is 2. The fraction of sp³-hybridized carbons (Fsp3) is 0.583. The van der Waals surface area contributed by atoms with Crippen molar-refractivity contribution in [2.75, 3.05) is 25.2 Å². The lowest BCUT2D eigenvalue weighted by molar-refractivity contribution is -0.124. The third kappa shape index (κ3) is 8.12. The van der Waals surface area contributed by atoms with Crippen molar-refractivity contribution >= 4 is 17.8 Å². The molecule has 0 aliphatic heterocycles. The highest BCUT2D eigenvalue weighted by Gasteiger charge is 2.35. The number of aromatic nitrogens is 3. The molecular formula is C36H47N5O6. The second kappa shape index (κ2) is 14.8. The maximum atomic E-state index is 14.3. The Kier molecular flexibility index (Phi) is 10.4. The van der Waals surface area contributed by atoms with Crippen LogP contribution in [0.15, 0.2) is 41.1 Å². The summed E-state index contributed by atoms with van der Waals surface area (Å²) in [7, 11) is 1.67. The predicted octanol–water partition coefficient (Wildman–Crippen LogP) is 6.30. The Morgan fingerprint density at radius 2 is 1.77 bits per heavy atom. The van der Waals surface area contributed by atoms with Gasteiger partial charge < -0.3 is 24.3 Å². The van der Waals surface area contributed by atoms with Gasteiger partial charge in [-0.15, -0.1) is 0 Å². The molecule has 0 aromatic carbocycles. The lowest BCUT2D eigenvalue weighted by atomic mass is 9.79. The molecule has 0 saturated heterocycles. The van der Waals surface area contributed by atoms with Crippen LogP contribution in [-0.4, -0.2) is 64.5 Å². The number of nitrogens with zero attached hydrogens (tertiary/aromatic N) is 4. The molecule has 6 rings (SSSR count). The molecule has 3 aliphatic rings. The Balaban J connectivity index is 1.15. The van der Waals surface area contributed by atoms with Gasteiger partial charge >= 0.3 is 6.09 Å². The van der Waals surface area contributed by atoms with E-state index in [4.69, 9.17) is 28.8 Å². The van der Waals surface area contributed by atoms with Crippen molar-refractivity contribution in [2.24, 2.45) is 11.8 Å². The summed E-state index contributed by atoms with van der Waals surface area (Å²) in [6.07, 6.45) is 11.4. The number of pyridine rings is 2. The maximum absolute atomic E-state index is 14.3. The summed E-state index contributed by atoms with van der Waals surface area (Å²) < 4.78 is 16.8. The summed E-state index contributed by atoms with van der Waals surface area (Å²) in [5, 5.41) is 11.8. The van der Waals surface area contributed by atoms with E-state index in [1.807, 2.05) is 30.0 Å². The molecule has 252 valence electrons. The molecule has 11 nitrogen and oxygen atoms in total. The van der Waals surface area contributed by atoms with Gasteiger partial charge in [0, 0.05) is 41.8 Å². The van der Waals surface area contributed by atoms with Gasteiger partial charge in [-0.05, 0) is 108 Å². The molecular weight excluding hydrogens is 598 g/mol. The number of anilines is 1. The van der Waals surface area contributed by atoms with Crippen LogP contribution in [-0.2, 0) is 9.53 Å². The quantitative estimate of drug-likeness (QED) is 0.246. The molecule has 3 aliphatic carbocycles. The number of amides is 2. The van der Waals surface area contributed by atoms with Gasteiger partial charge in [0.2, 0.25) is 5.91 Å². The highest BCUT2D eigenvalue weighted by Crippen LogP contribution is 2.41. The maximum Gasteiger partial charge on any atom is 0.407 e. The zero-order valence-electron chi connectivity index (χ0n) is 27.7. The zero-order chi connectivity index (χ0) is 32.9. The summed E-state index contributed by atoms with van der Waals surface area (Å²) in [6, 6.07) is 7.59. The number of hydrogen-bond acceptors (Lipinski definition) is 9. The zero-order valence-corrected chi connectivity index (χ0v) is 27.7. The first-order valence-electron chi connectivity index (χ1n) is 17.1. The number of hydrogen-bond donors (Lipinski definition) is 2. The third-order valence-electron chi connectivity index (χ3n) is 9.95. The van der Waals surface area contributed by atoms with Crippen molar-refractivity contribution in [1.82, 2.24) is 20.3 Å². The average molecular weight is 646 g/mol. The first kappa shape index (κ1) is 32.9. The number of nitrogens with one attached hydrogen (secondary N) is 1. The van der Waals surface area contributed by atoms with Crippen LogP contribution in [0.25, 0.3) is 11.3 Å². The van der Waals surface area contributed by atoms with Crippen LogP contribution in [0.4, 0.5) is 10.6 Å². The summed E-state index contributed by atoms with van der Waals surface area (Å²) in [4.78, 5) is 42.7. The van der Waals surface area contributed by atoms with Gasteiger partial charge in [0.15, 0.2) is 5.89 Å². The van der Waals surface area contributed by atoms with Crippen molar-refractivity contribution in [1.29, 1.82) is 0 Å². The number of carbonyl (C=O) groups is 2. The Morgan fingerprint density at radius 1 is 1.02 bits per heavy atom. The lowest BCUT2D eigenvalue weighted by Crippen LogP contribution is -2.43. The molecule has 47 heavy (non-hydrogen) atoms. The van der Waals surface area contributed by atoms with E-state index in [1.165, 1.54) is 0 Å². The molecule has 3 saturated carbocycles. The number of aliphatic hydroxyl groups is 1. The Bertz CT molecular complexity index is 1520. The minimum atomic E-state index is -0.530. The molecule has 0 radical (unpaired) electrons. The second-order valence-corrected chi connectivity index (χ2v) is 13.5. The monoisotopic (exact) mass is 645 g/mol. The molecule has 3 fully saturated rings. The van der Waals surface area contributed by atoms with Crippen molar-refractivity contribution in [3.63, 3.8) is 0 Å². The third-order valence-corrected chi connectivity index (χ3v) is 9.95. The minimum absolute atomic E-state index is 0.0693. The number of aryl methyl sites for hydroxylation is 1. The minimum Gasteiger partial charge on any atom is -0.495 e. The summed E-state index contributed by atoms with van der Waals surface area (Å²) in [5.41, 5.74) is 3.66. The van der Waals surface area contributed by atoms with Crippen LogP contribution in [0.2, 0.25) is 0 Å². The Labute approximate surface area is 276 Å². The first-order valence-corrected chi connectivity index (χ1v) is 17.1. The van der Waals surface area contributed by atoms with Crippen LogP contribution in [0.5, 0.6) is 5.75 Å². The van der Waals surface area contributed by atoms with E-state index in [0.29, 0.717) is 55.8 Å². The molecule has 2 N–H and O–H groups in total. The van der Waals surface area contributed by atoms with Gasteiger partial charge in [-0.2, -0.15) is 0 Å². The highest BCUT2D eigenvalue weighted by atomic mass is 16.6. The lowest BCUT2D eigenvalue weighted by Gasteiger charge is -2.35. The van der Waals surface area contributed by atoms with Crippen molar-refractivity contribution in [2.45, 2.75) is 102 Å². The standard InChI is InChI=1S/C36H47N5O6/c1-22(20-42)38-36(44)47-29-12-10-27(11-13-29)35(43)41(33-18-28(16-17-37-33)31-21-46-34(40-31)26-8-9-26)19-24-4-6-25(7-5-24)30-14-15-32(45-3)23(2)39-30/h14-18,21-22,24-27,29,42H,4-13,19-20H2,1-3H3,(H,38,44)/t22?,24-,25-,27?,29?. The molecule has 1 unspecified atom stereocenters. The fourth-order valence-corrected chi connectivity index (χ4v) is 6.95. The Hall–Kier alpha value is -3.99. The number of rotatable bonds is 11. The van der Waals surface area contributed by atoms with E-state index in [-0.39, 0.29) is 30.6 Å². The summed E-state index contributed by atoms with van der Waals surface area (Å²) in [6.45, 7) is 4.14. The van der Waals surface area contributed by atoms with E-state index in [1.54, 1.807) is 26.5 Å². The number of carbonyl (C=O) groups excluding carboxylic acids is 2. The fourth-order valence-electron chi connectivity index (χ4n) is 6.95. The number of alkyl carbamates (subject to hydrolysis) is 1. The van der Waals surface area contributed by atoms with Crippen molar-refractivity contribution in [3.05, 3.63) is 54.0 Å². The van der Waals surface area contributed by atoms with Crippen LogP contribution in [0, 0.1) is 18.8 Å². The number of aliphatic hydroxyl groups excluding tert-OH is 1. The highest BCUT2D eigenvalue weighted by molar-refractivity contribution is 5.94. The first-order chi connectivity index (χ1) is 22.8. The molecule has 0 bridgehead atoms. The van der Waals surface area contributed by atoms with Gasteiger partial charge in [-0.1, -0.05) is 0 Å². The van der Waals surface area contributed by atoms with Gasteiger partial charge in [-0.25, -0.2) is 14.8 Å². The molecule has 1 atom stereocenters. The van der Waals surface area contributed by atoms with E-state index in [2.05, 4.69) is 11.4 Å². The van der Waals surface area contributed by atoms with Crippen molar-refractivity contribution < 1.29 is 28.6 Å². The molecule has 0 spiro atoms. The normalized spacial score (nSPS) is 23.5. The van der Waals surface area contributed by atoms with E-state index >= 15 is 0 Å². The SMILES string of the molecule is COc1ccc([C@H]2CC[C@H](CN(C(=O)C3CCC(OC(=O)NC(C)CO)CC3)c3cc(-c4coc(C5CC5)n4)ccn3)CC2)nc1C. The molecule has 11 heteroatoms. The predicted molar refractivity (Wildman–Crippen MR) is 176 cm³/mol. The van der Waals surface area contributed by atoms with E-state index in [9.17, 15) is 14.7 Å². The van der Waals surface area contributed by atoms with Crippen LogP contribution in [0.1, 0.15) is 100 Å². The largest absolute Gasteiger partial charge is 0.495 e. The summed E-state index contributed by atoms with van der Waals surface area (Å²) >= 11 is 0. The van der Waals surface area contributed by atoms with E-state index < -0.39 is 6.09 Å². The Morgan fingerprint density at radius 3 is 2.45 bits per heavy atom. The topological polar surface area (TPSA) is 140 Å². The van der Waals surface area contributed by atoms with Gasteiger partial charge in [-0.3, -0.25) is 14.7 Å². The van der Waals surface area contributed by atoms with Crippen molar-refractivity contribution in [3.8, 4) is 17.0 Å². The molecule has 2 amide bonds. The molecule has 3 aromatic heterocycles. The smallest absolute Gasteiger partial charge is 0.407 e. The molecule has 3 aromatic rings. The van der Waals surface area contributed by atoms with E-state index in [0.717, 1.165) is 72.8 Å². The van der Waals surface area contributed by atoms with Gasteiger partial charge in [0.25, 0.3) is 0 Å². The molecule has 3 heterocycles. The van der Waals surface area contributed by atoms with Gasteiger partial charge in [0.05, 0.1) is 25.5 Å². The van der Waals surface area contributed by atoms with Crippen LogP contribution < -0.4 is 15.0 Å². The summed E-state index contributed by atoms with van der Waals surface area (Å²) in [5.74, 6) is 3.25. The van der Waals surface area contributed by atoms with Gasteiger partial charge in [0.1, 0.15) is 29.6 Å². The number of methoxy groups -OCH3 is 1. The average Bonchev–Trinajstić information content (AvgIpc) is 3.83. The number of oxazole rings is 1. The van der Waals surface area contributed by atoms with Crippen LogP contribution in [0.3, 0.4) is 0 Å². The van der Waals surface area contributed by atoms with Crippen LogP contribution >= 0.6 is 0 Å².